The second-order valence-corrected chi connectivity index (χ2v) is 4.73. The number of aryl methyl sites for hydroxylation is 1. The molecule has 0 radical (unpaired) electrons. The van der Waals surface area contributed by atoms with Crippen LogP contribution >= 0.6 is 0 Å². The molecule has 0 aliphatic heterocycles. The third-order valence-corrected chi connectivity index (χ3v) is 3.10. The average molecular weight is 255 g/mol. The van der Waals surface area contributed by atoms with Gasteiger partial charge in [-0.25, -0.2) is 9.71 Å². The van der Waals surface area contributed by atoms with Crippen molar-refractivity contribution in [1.82, 2.24) is 15.2 Å². The van der Waals surface area contributed by atoms with Crippen LogP contribution in [0.1, 0.15) is 5.89 Å². The third-order valence-electron chi connectivity index (χ3n) is 1.80. The standard InChI is InChI=1S/C8H9N5O3S/c1-5-11-12-8(16-5)13-17(14,15)7-6(9)3-2-4-10-7/h2-4H,9H2,1H3,(H,12,13). The molecule has 9 heteroatoms. The number of hydrogen-bond donors (Lipinski definition) is 2. The molecule has 0 spiro atoms. The van der Waals surface area contributed by atoms with Gasteiger partial charge in [-0.15, -0.1) is 5.10 Å². The van der Waals surface area contributed by atoms with Gasteiger partial charge in [0, 0.05) is 13.1 Å². The predicted molar refractivity (Wildman–Crippen MR) is 58.5 cm³/mol. The zero-order chi connectivity index (χ0) is 12.5. The van der Waals surface area contributed by atoms with Gasteiger partial charge in [0.2, 0.25) is 5.89 Å². The Kier molecular flexibility index (Phi) is 2.68. The molecule has 0 unspecified atom stereocenters. The topological polar surface area (TPSA) is 124 Å². The molecule has 17 heavy (non-hydrogen) atoms. The lowest BCUT2D eigenvalue weighted by Gasteiger charge is -2.04. The molecule has 0 aliphatic carbocycles. The number of hydrogen-bond acceptors (Lipinski definition) is 7. The number of anilines is 2. The molecule has 0 saturated carbocycles. The third kappa shape index (κ3) is 2.33. The molecule has 8 nitrogen and oxygen atoms in total. The first-order valence-electron chi connectivity index (χ1n) is 4.52. The Bertz CT molecular complexity index is 636. The zero-order valence-corrected chi connectivity index (χ0v) is 9.60. The van der Waals surface area contributed by atoms with Crippen molar-refractivity contribution in [3.8, 4) is 0 Å². The number of nitrogens with zero attached hydrogens (tertiary/aromatic N) is 3. The number of pyridine rings is 1. The van der Waals surface area contributed by atoms with Gasteiger partial charge in [0.05, 0.1) is 5.69 Å². The highest BCUT2D eigenvalue weighted by molar-refractivity contribution is 7.92. The van der Waals surface area contributed by atoms with Crippen molar-refractivity contribution >= 4 is 21.7 Å². The first kappa shape index (κ1) is 11.3. The predicted octanol–water partition coefficient (Wildman–Crippen LogP) is 0.156. The lowest BCUT2D eigenvalue weighted by molar-refractivity contribution is 0.534. The van der Waals surface area contributed by atoms with Gasteiger partial charge >= 0.3 is 6.01 Å². The minimum atomic E-state index is -3.91. The largest absolute Gasteiger partial charge is 0.408 e. The van der Waals surface area contributed by atoms with Crippen molar-refractivity contribution in [3.05, 3.63) is 24.2 Å². The molecule has 2 aromatic rings. The maximum Gasteiger partial charge on any atom is 0.329 e. The summed E-state index contributed by atoms with van der Waals surface area (Å²) in [7, 11) is -3.91. The summed E-state index contributed by atoms with van der Waals surface area (Å²) < 4.78 is 30.7. The highest BCUT2D eigenvalue weighted by Gasteiger charge is 2.21. The van der Waals surface area contributed by atoms with Crippen LogP contribution in [0.5, 0.6) is 0 Å². The van der Waals surface area contributed by atoms with Gasteiger partial charge in [-0.3, -0.25) is 0 Å². The zero-order valence-electron chi connectivity index (χ0n) is 8.78. The quantitative estimate of drug-likeness (QED) is 0.800. The Morgan fingerprint density at radius 3 is 2.76 bits per heavy atom. The summed E-state index contributed by atoms with van der Waals surface area (Å²) in [6.45, 7) is 1.54. The van der Waals surface area contributed by atoms with Gasteiger partial charge in [0.25, 0.3) is 10.0 Å². The molecule has 0 bridgehead atoms. The van der Waals surface area contributed by atoms with Crippen molar-refractivity contribution in [2.45, 2.75) is 11.9 Å². The van der Waals surface area contributed by atoms with Crippen LogP contribution in [-0.4, -0.2) is 23.6 Å². The van der Waals surface area contributed by atoms with E-state index >= 15 is 0 Å². The molecule has 90 valence electrons. The van der Waals surface area contributed by atoms with E-state index in [1.54, 1.807) is 6.92 Å². The minimum absolute atomic E-state index is 0.0382. The smallest absolute Gasteiger partial charge is 0.329 e. The molecular weight excluding hydrogens is 246 g/mol. The van der Waals surface area contributed by atoms with E-state index in [-0.39, 0.29) is 22.6 Å². The van der Waals surface area contributed by atoms with Gasteiger partial charge < -0.3 is 10.2 Å². The number of nitrogen functional groups attached to an aromatic ring is 1. The molecule has 0 amide bonds. The van der Waals surface area contributed by atoms with Crippen LogP contribution in [0.15, 0.2) is 27.8 Å². The van der Waals surface area contributed by atoms with Crippen molar-refractivity contribution in [2.24, 2.45) is 0 Å². The number of nitrogens with two attached hydrogens (primary N) is 1. The molecule has 2 heterocycles. The summed E-state index contributed by atoms with van der Waals surface area (Å²) >= 11 is 0. The van der Waals surface area contributed by atoms with Gasteiger partial charge in [-0.1, -0.05) is 5.10 Å². The van der Waals surface area contributed by atoms with E-state index < -0.39 is 10.0 Å². The van der Waals surface area contributed by atoms with E-state index in [2.05, 4.69) is 19.9 Å². The molecule has 0 aliphatic rings. The Balaban J connectivity index is 2.35. The van der Waals surface area contributed by atoms with Crippen LogP contribution in [0.2, 0.25) is 0 Å². The SMILES string of the molecule is Cc1nnc(NS(=O)(=O)c2ncccc2N)o1. The Hall–Kier alpha value is -2.16. The normalized spacial score (nSPS) is 11.4. The van der Waals surface area contributed by atoms with E-state index in [1.807, 2.05) is 0 Å². The minimum Gasteiger partial charge on any atom is -0.408 e. The van der Waals surface area contributed by atoms with Crippen LogP contribution < -0.4 is 10.5 Å². The summed E-state index contributed by atoms with van der Waals surface area (Å²) in [4.78, 5) is 3.69. The molecular formula is C8H9N5O3S. The van der Waals surface area contributed by atoms with E-state index in [1.165, 1.54) is 18.3 Å². The first-order valence-corrected chi connectivity index (χ1v) is 6.01. The molecule has 2 aromatic heterocycles. The van der Waals surface area contributed by atoms with Crippen LogP contribution in [0.25, 0.3) is 0 Å². The Morgan fingerprint density at radius 1 is 1.41 bits per heavy atom. The van der Waals surface area contributed by atoms with Crippen molar-refractivity contribution < 1.29 is 12.8 Å². The van der Waals surface area contributed by atoms with E-state index in [0.717, 1.165) is 0 Å². The Morgan fingerprint density at radius 2 is 2.18 bits per heavy atom. The maximum atomic E-state index is 11.9. The molecule has 3 N–H and O–H groups in total. The van der Waals surface area contributed by atoms with Gasteiger partial charge in [-0.05, 0) is 12.1 Å². The lowest BCUT2D eigenvalue weighted by Crippen LogP contribution is -2.16. The van der Waals surface area contributed by atoms with Crippen molar-refractivity contribution in [1.29, 1.82) is 0 Å². The maximum absolute atomic E-state index is 11.9. The summed E-state index contributed by atoms with van der Waals surface area (Å²) in [5.74, 6) is 0.247. The second-order valence-electron chi connectivity index (χ2n) is 3.13. The molecule has 0 aromatic carbocycles. The summed E-state index contributed by atoms with van der Waals surface area (Å²) in [5.41, 5.74) is 5.56. The van der Waals surface area contributed by atoms with Crippen LogP contribution in [0.4, 0.5) is 11.7 Å². The van der Waals surface area contributed by atoms with Gasteiger partial charge in [0.15, 0.2) is 5.03 Å². The highest BCUT2D eigenvalue weighted by Crippen LogP contribution is 2.17. The van der Waals surface area contributed by atoms with Crippen molar-refractivity contribution in [2.75, 3.05) is 10.5 Å². The van der Waals surface area contributed by atoms with Crippen molar-refractivity contribution in [3.63, 3.8) is 0 Å². The average Bonchev–Trinajstić information content (AvgIpc) is 2.63. The van der Waals surface area contributed by atoms with E-state index in [9.17, 15) is 8.42 Å². The van der Waals surface area contributed by atoms with Crippen LogP contribution in [0, 0.1) is 6.92 Å². The highest BCUT2D eigenvalue weighted by atomic mass is 32.2. The molecule has 2 rings (SSSR count). The fraction of sp³-hybridized carbons (Fsp3) is 0.125. The summed E-state index contributed by atoms with van der Waals surface area (Å²) in [6.07, 6.45) is 1.32. The van der Waals surface area contributed by atoms with E-state index in [0.29, 0.717) is 0 Å². The fourth-order valence-electron chi connectivity index (χ4n) is 1.13. The molecule has 0 atom stereocenters. The number of nitrogens with one attached hydrogen (secondary N) is 1. The molecule has 0 saturated heterocycles. The van der Waals surface area contributed by atoms with Gasteiger partial charge in [0.1, 0.15) is 0 Å². The monoisotopic (exact) mass is 255 g/mol. The van der Waals surface area contributed by atoms with Gasteiger partial charge in [-0.2, -0.15) is 8.42 Å². The second kappa shape index (κ2) is 4.01. The number of sulfonamides is 1. The summed E-state index contributed by atoms with van der Waals surface area (Å²) in [5, 5.41) is 6.72. The number of aromatic nitrogens is 3. The fourth-order valence-corrected chi connectivity index (χ4v) is 2.12. The first-order chi connectivity index (χ1) is 7.99. The number of rotatable bonds is 3. The van der Waals surface area contributed by atoms with Crippen LogP contribution in [-0.2, 0) is 10.0 Å². The molecule has 0 fully saturated rings. The Labute approximate surface area is 96.9 Å². The lowest BCUT2D eigenvalue weighted by atomic mass is 10.4. The summed E-state index contributed by atoms with van der Waals surface area (Å²) in [6, 6.07) is 2.73. The van der Waals surface area contributed by atoms with Crippen LogP contribution in [0.3, 0.4) is 0 Å². The van der Waals surface area contributed by atoms with E-state index in [4.69, 9.17) is 10.2 Å².